The second kappa shape index (κ2) is 37.2. The van der Waals surface area contributed by atoms with E-state index in [-0.39, 0.29) is 18.9 Å². The van der Waals surface area contributed by atoms with E-state index in [2.05, 4.69) is 35.5 Å². The Kier molecular flexibility index (Phi) is 35.0. The highest BCUT2D eigenvalue weighted by Gasteiger charge is 2.48. The molecule has 1 aliphatic heterocycles. The van der Waals surface area contributed by atoms with Crippen LogP contribution in [0.5, 0.6) is 0 Å². The quantitative estimate of drug-likeness (QED) is 0.0195. The molecule has 0 aromatic heterocycles. The van der Waals surface area contributed by atoms with Crippen LogP contribution < -0.4 is 5.32 Å². The second-order valence-corrected chi connectivity index (χ2v) is 17.7. The van der Waals surface area contributed by atoms with Crippen molar-refractivity contribution in [3.63, 3.8) is 0 Å². The zero-order valence-electron chi connectivity index (χ0n) is 37.1. The fourth-order valence-electron chi connectivity index (χ4n) is 7.51. The molecule has 1 amide bonds. The Balaban J connectivity index is 2.49. The highest BCUT2D eigenvalue weighted by Crippen LogP contribution is 2.26. The number of carbonyl (C=O) groups is 1. The molecule has 1 aliphatic rings. The van der Waals surface area contributed by atoms with Crippen LogP contribution in [0.25, 0.3) is 0 Å². The lowest BCUT2D eigenvalue weighted by atomic mass is 9.99. The molecule has 0 radical (unpaired) electrons. The number of ether oxygens (including phenoxy) is 2. The average molecular weight is 862 g/mol. The number of aliphatic hydroxyl groups excluding tert-OH is 4. The van der Waals surface area contributed by atoms with Crippen LogP contribution in [0.2, 0.25) is 0 Å². The van der Waals surface area contributed by atoms with E-state index in [4.69, 9.17) is 9.47 Å². The number of aliphatic hydroxyl groups is 4. The second-order valence-electron chi connectivity index (χ2n) is 16.7. The molecular weight excluding hydrogens is 775 g/mol. The van der Waals surface area contributed by atoms with Crippen molar-refractivity contribution in [1.29, 1.82) is 0 Å². The van der Waals surface area contributed by atoms with E-state index in [1.807, 2.05) is 6.08 Å². The summed E-state index contributed by atoms with van der Waals surface area (Å²) in [6.07, 6.45) is 33.6. The predicted molar refractivity (Wildman–Crippen MR) is 236 cm³/mol. The van der Waals surface area contributed by atoms with Crippen LogP contribution in [-0.2, 0) is 28.9 Å². The predicted octanol–water partition coefficient (Wildman–Crippen LogP) is 9.33. The Morgan fingerprint density at radius 3 is 1.56 bits per heavy atom. The van der Waals surface area contributed by atoms with Crippen molar-refractivity contribution >= 4 is 16.3 Å². The van der Waals surface area contributed by atoms with Gasteiger partial charge in [0.05, 0.1) is 25.4 Å². The number of rotatable bonds is 40. The minimum absolute atomic E-state index is 0.259. The fourth-order valence-corrected chi connectivity index (χ4v) is 8.02. The van der Waals surface area contributed by atoms with Crippen LogP contribution >= 0.6 is 0 Å². The van der Waals surface area contributed by atoms with Gasteiger partial charge in [0, 0.05) is 6.42 Å². The topological polar surface area (TPSA) is 192 Å². The molecule has 12 nitrogen and oxygen atoms in total. The molecule has 59 heavy (non-hydrogen) atoms. The maximum Gasteiger partial charge on any atom is 0.397 e. The monoisotopic (exact) mass is 862 g/mol. The third kappa shape index (κ3) is 30.3. The van der Waals surface area contributed by atoms with Crippen molar-refractivity contribution in [3.8, 4) is 0 Å². The molecule has 0 aliphatic carbocycles. The number of carbonyl (C=O) groups excluding carboxylic acids is 1. The van der Waals surface area contributed by atoms with Crippen LogP contribution in [0.1, 0.15) is 206 Å². The standard InChI is InChI=1S/C46H87NO11S/c1-3-5-7-9-11-13-15-17-18-19-20-21-22-23-24-25-27-29-31-33-35-40(49)39(47-42(50)36-34-32-30-28-26-16-14-12-10-8-6-4-2)38-56-46-44(52)45(58-59(53,54)55)43(51)41(37-48)57-46/h12,14,33,35,39-41,43-46,48-49,51-52H,3-11,13,15-32,34,36-38H2,1-2H3,(H,47,50)(H,53,54,55)/b14-12-,35-33+. The summed E-state index contributed by atoms with van der Waals surface area (Å²) in [6.45, 7) is 3.36. The number of amides is 1. The molecule has 1 heterocycles. The number of hydrogen-bond acceptors (Lipinski definition) is 10. The summed E-state index contributed by atoms with van der Waals surface area (Å²) < 4.78 is 47.6. The van der Waals surface area contributed by atoms with Crippen molar-refractivity contribution in [1.82, 2.24) is 5.32 Å². The van der Waals surface area contributed by atoms with Gasteiger partial charge in [0.15, 0.2) is 6.29 Å². The van der Waals surface area contributed by atoms with Crippen molar-refractivity contribution < 1.29 is 51.8 Å². The molecule has 6 N–H and O–H groups in total. The van der Waals surface area contributed by atoms with Gasteiger partial charge in [-0.15, -0.1) is 0 Å². The van der Waals surface area contributed by atoms with E-state index in [1.165, 1.54) is 122 Å². The van der Waals surface area contributed by atoms with Gasteiger partial charge in [-0.25, -0.2) is 4.18 Å². The van der Waals surface area contributed by atoms with Gasteiger partial charge in [0.25, 0.3) is 0 Å². The van der Waals surface area contributed by atoms with E-state index in [9.17, 15) is 38.2 Å². The summed E-state index contributed by atoms with van der Waals surface area (Å²) in [5.74, 6) is -0.272. The molecule has 1 fully saturated rings. The summed E-state index contributed by atoms with van der Waals surface area (Å²) in [5.41, 5.74) is 0. The minimum Gasteiger partial charge on any atom is -0.394 e. The zero-order valence-corrected chi connectivity index (χ0v) is 37.9. The average Bonchev–Trinajstić information content (AvgIpc) is 3.20. The molecule has 0 saturated carbocycles. The first-order valence-corrected chi connectivity index (χ1v) is 25.1. The SMILES string of the molecule is CCCCC/C=C\CCCCCCCC(=O)NC(COC1OC(CO)C(O)C(OS(=O)(=O)O)C1O)C(O)/C=C/CCCCCCCCCCCCCCCCCCCC. The molecule has 7 unspecified atom stereocenters. The Morgan fingerprint density at radius 1 is 0.661 bits per heavy atom. The molecule has 0 aromatic carbocycles. The van der Waals surface area contributed by atoms with Gasteiger partial charge in [0.1, 0.15) is 24.4 Å². The summed E-state index contributed by atoms with van der Waals surface area (Å²) in [5, 5.41) is 44.7. The van der Waals surface area contributed by atoms with Crippen molar-refractivity contribution in [2.75, 3.05) is 13.2 Å². The summed E-state index contributed by atoms with van der Waals surface area (Å²) in [6, 6.07) is -0.945. The van der Waals surface area contributed by atoms with Gasteiger partial charge < -0.3 is 35.2 Å². The lowest BCUT2D eigenvalue weighted by Gasteiger charge is -2.41. The van der Waals surface area contributed by atoms with Crippen molar-refractivity contribution in [2.45, 2.75) is 249 Å². The van der Waals surface area contributed by atoms with Crippen LogP contribution in [0.15, 0.2) is 24.3 Å². The Hall–Kier alpha value is -1.42. The highest BCUT2D eigenvalue weighted by atomic mass is 32.3. The van der Waals surface area contributed by atoms with Gasteiger partial charge in [-0.2, -0.15) is 8.42 Å². The zero-order chi connectivity index (χ0) is 43.4. The summed E-state index contributed by atoms with van der Waals surface area (Å²) >= 11 is 0. The number of unbranched alkanes of at least 4 members (excludes halogenated alkanes) is 26. The first kappa shape index (κ1) is 55.6. The largest absolute Gasteiger partial charge is 0.397 e. The van der Waals surface area contributed by atoms with Crippen LogP contribution in [0, 0.1) is 0 Å². The first-order valence-electron chi connectivity index (χ1n) is 23.7. The van der Waals surface area contributed by atoms with Crippen LogP contribution in [0.3, 0.4) is 0 Å². The highest BCUT2D eigenvalue weighted by molar-refractivity contribution is 7.80. The van der Waals surface area contributed by atoms with Gasteiger partial charge in [-0.05, 0) is 44.9 Å². The van der Waals surface area contributed by atoms with Gasteiger partial charge in [-0.3, -0.25) is 9.35 Å². The maximum absolute atomic E-state index is 13.0. The van der Waals surface area contributed by atoms with Gasteiger partial charge in [-0.1, -0.05) is 179 Å². The summed E-state index contributed by atoms with van der Waals surface area (Å²) in [4.78, 5) is 13.0. The lowest BCUT2D eigenvalue weighted by Crippen LogP contribution is -2.61. The molecule has 348 valence electrons. The van der Waals surface area contributed by atoms with E-state index >= 15 is 0 Å². The van der Waals surface area contributed by atoms with Crippen molar-refractivity contribution in [2.24, 2.45) is 0 Å². The molecule has 13 heteroatoms. The third-order valence-corrected chi connectivity index (χ3v) is 11.7. The normalized spacial score (nSPS) is 21.1. The molecular formula is C46H87NO11S. The minimum atomic E-state index is -5.08. The van der Waals surface area contributed by atoms with Crippen molar-refractivity contribution in [3.05, 3.63) is 24.3 Å². The number of hydrogen-bond donors (Lipinski definition) is 6. The van der Waals surface area contributed by atoms with E-state index in [0.717, 1.165) is 57.8 Å². The van der Waals surface area contributed by atoms with E-state index in [0.29, 0.717) is 6.42 Å². The molecule has 0 bridgehead atoms. The number of nitrogens with one attached hydrogen (secondary N) is 1. The molecule has 7 atom stereocenters. The van der Waals surface area contributed by atoms with E-state index in [1.54, 1.807) is 6.08 Å². The molecule has 0 spiro atoms. The smallest absolute Gasteiger partial charge is 0.394 e. The molecule has 0 aromatic rings. The lowest BCUT2D eigenvalue weighted by molar-refractivity contribution is -0.298. The van der Waals surface area contributed by atoms with Crippen LogP contribution in [0.4, 0.5) is 0 Å². The van der Waals surface area contributed by atoms with Crippen LogP contribution in [-0.4, -0.2) is 95.4 Å². The van der Waals surface area contributed by atoms with E-state index < -0.39 is 59.9 Å². The fraction of sp³-hybridized carbons (Fsp3) is 0.891. The van der Waals surface area contributed by atoms with Gasteiger partial charge in [0.2, 0.25) is 5.91 Å². The Bertz CT molecular complexity index is 1150. The maximum atomic E-state index is 13.0. The molecule has 1 saturated heterocycles. The number of allylic oxidation sites excluding steroid dienone is 3. The Labute approximate surface area is 359 Å². The summed E-state index contributed by atoms with van der Waals surface area (Å²) in [7, 11) is -5.08. The molecule has 1 rings (SSSR count). The third-order valence-electron chi connectivity index (χ3n) is 11.2. The Morgan fingerprint density at radius 2 is 1.08 bits per heavy atom. The van der Waals surface area contributed by atoms with Gasteiger partial charge >= 0.3 is 10.4 Å². The first-order chi connectivity index (χ1) is 28.5.